The van der Waals surface area contributed by atoms with Crippen LogP contribution in [0.15, 0.2) is 54.6 Å². The Bertz CT molecular complexity index is 619. The summed E-state index contributed by atoms with van der Waals surface area (Å²) in [5.41, 5.74) is 4.42. The van der Waals surface area contributed by atoms with Crippen LogP contribution in [0.2, 0.25) is 0 Å². The van der Waals surface area contributed by atoms with Crippen molar-refractivity contribution < 1.29 is 4.74 Å². The van der Waals surface area contributed by atoms with E-state index in [9.17, 15) is 0 Å². The number of anilines is 1. The topological polar surface area (TPSA) is 12.5 Å². The van der Waals surface area contributed by atoms with Gasteiger partial charge in [-0.3, -0.25) is 0 Å². The summed E-state index contributed by atoms with van der Waals surface area (Å²) in [6.45, 7) is 2.93. The van der Waals surface area contributed by atoms with Crippen molar-refractivity contribution in [2.45, 2.75) is 25.3 Å². The summed E-state index contributed by atoms with van der Waals surface area (Å²) in [6, 6.07) is 20.4. The van der Waals surface area contributed by atoms with Crippen molar-refractivity contribution in [2.75, 3.05) is 24.7 Å². The van der Waals surface area contributed by atoms with Crippen molar-refractivity contribution >= 4 is 5.69 Å². The molecule has 0 aromatic heterocycles. The number of rotatable bonds is 2. The van der Waals surface area contributed by atoms with Gasteiger partial charge in [-0.1, -0.05) is 42.5 Å². The monoisotopic (exact) mass is 293 g/mol. The molecule has 2 heterocycles. The van der Waals surface area contributed by atoms with E-state index in [0.29, 0.717) is 12.0 Å². The Kier molecular flexibility index (Phi) is 3.86. The number of ether oxygens (including phenoxy) is 1. The van der Waals surface area contributed by atoms with Gasteiger partial charge in [-0.2, -0.15) is 0 Å². The van der Waals surface area contributed by atoms with Crippen LogP contribution in [0.5, 0.6) is 0 Å². The minimum Gasteiger partial charge on any atom is -0.381 e. The van der Waals surface area contributed by atoms with Crippen LogP contribution < -0.4 is 4.90 Å². The van der Waals surface area contributed by atoms with Gasteiger partial charge in [0.05, 0.1) is 6.04 Å². The third kappa shape index (κ3) is 2.52. The van der Waals surface area contributed by atoms with Crippen molar-refractivity contribution in [1.29, 1.82) is 0 Å². The summed E-state index contributed by atoms with van der Waals surface area (Å²) in [5.74, 6) is 0.690. The Morgan fingerprint density at radius 3 is 2.41 bits per heavy atom. The highest BCUT2D eigenvalue weighted by molar-refractivity contribution is 5.52. The second-order valence-electron chi connectivity index (χ2n) is 6.37. The minimum absolute atomic E-state index is 0.497. The van der Waals surface area contributed by atoms with Crippen molar-refractivity contribution in [3.05, 3.63) is 65.7 Å². The maximum atomic E-state index is 5.60. The van der Waals surface area contributed by atoms with E-state index in [4.69, 9.17) is 4.74 Å². The van der Waals surface area contributed by atoms with Crippen LogP contribution in [0.4, 0.5) is 5.69 Å². The summed E-state index contributed by atoms with van der Waals surface area (Å²) >= 11 is 0. The van der Waals surface area contributed by atoms with E-state index in [-0.39, 0.29) is 0 Å². The minimum atomic E-state index is 0.497. The van der Waals surface area contributed by atoms with E-state index >= 15 is 0 Å². The Hall–Kier alpha value is -1.80. The second kappa shape index (κ2) is 6.13. The molecule has 22 heavy (non-hydrogen) atoms. The normalized spacial score (nSPS) is 22.4. The molecule has 0 saturated carbocycles. The quantitative estimate of drug-likeness (QED) is 0.822. The molecule has 1 unspecified atom stereocenters. The molecule has 0 bridgehead atoms. The van der Waals surface area contributed by atoms with Crippen LogP contribution in [0, 0.1) is 5.92 Å². The first kappa shape index (κ1) is 13.8. The third-order valence-electron chi connectivity index (χ3n) is 5.13. The lowest BCUT2D eigenvalue weighted by molar-refractivity contribution is 0.0566. The van der Waals surface area contributed by atoms with Gasteiger partial charge < -0.3 is 9.64 Å². The Morgan fingerprint density at radius 1 is 0.864 bits per heavy atom. The molecule has 0 aliphatic carbocycles. The molecular formula is C20H23NO. The van der Waals surface area contributed by atoms with Gasteiger partial charge in [-0.05, 0) is 48.4 Å². The van der Waals surface area contributed by atoms with Crippen molar-refractivity contribution in [3.8, 4) is 0 Å². The molecular weight excluding hydrogens is 270 g/mol. The lowest BCUT2D eigenvalue weighted by atomic mass is 9.81. The molecule has 0 N–H and O–H groups in total. The molecule has 2 aromatic rings. The van der Waals surface area contributed by atoms with Crippen LogP contribution in [-0.4, -0.2) is 19.8 Å². The number of fused-ring (bicyclic) bond motifs is 1. The second-order valence-corrected chi connectivity index (χ2v) is 6.37. The van der Waals surface area contributed by atoms with Crippen LogP contribution in [0.25, 0.3) is 0 Å². The molecule has 1 atom stereocenters. The highest BCUT2D eigenvalue weighted by Crippen LogP contribution is 2.41. The van der Waals surface area contributed by atoms with E-state index in [2.05, 4.69) is 59.5 Å². The lowest BCUT2D eigenvalue weighted by Gasteiger charge is -2.44. The van der Waals surface area contributed by atoms with E-state index in [1.807, 2.05) is 0 Å². The Labute approximate surface area is 132 Å². The third-order valence-corrected chi connectivity index (χ3v) is 5.13. The molecule has 4 rings (SSSR count). The van der Waals surface area contributed by atoms with E-state index in [1.165, 1.54) is 29.7 Å². The summed E-state index contributed by atoms with van der Waals surface area (Å²) in [4.78, 5) is 2.62. The fraction of sp³-hybridized carbons (Fsp3) is 0.400. The SMILES string of the molecule is c1ccc(N2CCc3ccccc3C2C2CCOCC2)cc1. The maximum Gasteiger partial charge on any atom is 0.0575 e. The van der Waals surface area contributed by atoms with Gasteiger partial charge in [0.15, 0.2) is 0 Å². The maximum absolute atomic E-state index is 5.60. The zero-order valence-electron chi connectivity index (χ0n) is 12.9. The smallest absolute Gasteiger partial charge is 0.0575 e. The van der Waals surface area contributed by atoms with E-state index in [1.54, 1.807) is 0 Å². The summed E-state index contributed by atoms with van der Waals surface area (Å²) in [5, 5.41) is 0. The van der Waals surface area contributed by atoms with Crippen LogP contribution in [0.3, 0.4) is 0 Å². The van der Waals surface area contributed by atoms with Gasteiger partial charge in [-0.15, -0.1) is 0 Å². The van der Waals surface area contributed by atoms with Gasteiger partial charge in [0.25, 0.3) is 0 Å². The molecule has 1 saturated heterocycles. The van der Waals surface area contributed by atoms with Gasteiger partial charge >= 0.3 is 0 Å². The average Bonchev–Trinajstić information content (AvgIpc) is 2.62. The fourth-order valence-electron chi connectivity index (χ4n) is 4.05. The number of para-hydroxylation sites is 1. The highest BCUT2D eigenvalue weighted by Gasteiger charge is 2.34. The molecule has 0 spiro atoms. The standard InChI is InChI=1S/C20H23NO/c1-2-7-18(8-3-1)21-13-10-16-6-4-5-9-19(16)20(21)17-11-14-22-15-12-17/h1-9,17,20H,10-15H2. The van der Waals surface area contributed by atoms with Crippen LogP contribution in [0.1, 0.15) is 30.0 Å². The zero-order chi connectivity index (χ0) is 14.8. The molecule has 2 aromatic carbocycles. The predicted molar refractivity (Wildman–Crippen MR) is 90.2 cm³/mol. The van der Waals surface area contributed by atoms with Crippen molar-refractivity contribution in [1.82, 2.24) is 0 Å². The summed E-state index contributed by atoms with van der Waals surface area (Å²) in [7, 11) is 0. The summed E-state index contributed by atoms with van der Waals surface area (Å²) < 4.78 is 5.60. The van der Waals surface area contributed by atoms with Crippen molar-refractivity contribution in [3.63, 3.8) is 0 Å². The fourth-order valence-corrected chi connectivity index (χ4v) is 4.05. The van der Waals surface area contributed by atoms with Gasteiger partial charge in [-0.25, -0.2) is 0 Å². The number of nitrogens with zero attached hydrogens (tertiary/aromatic N) is 1. The van der Waals surface area contributed by atoms with Crippen molar-refractivity contribution in [2.24, 2.45) is 5.92 Å². The molecule has 2 nitrogen and oxygen atoms in total. The number of hydrogen-bond acceptors (Lipinski definition) is 2. The first-order chi connectivity index (χ1) is 10.9. The molecule has 2 heteroatoms. The number of hydrogen-bond donors (Lipinski definition) is 0. The predicted octanol–water partition coefficient (Wildman–Crippen LogP) is 4.22. The van der Waals surface area contributed by atoms with E-state index in [0.717, 1.165) is 26.2 Å². The molecule has 2 aliphatic rings. The van der Waals surface area contributed by atoms with E-state index < -0.39 is 0 Å². The zero-order valence-corrected chi connectivity index (χ0v) is 12.9. The Morgan fingerprint density at radius 2 is 1.59 bits per heavy atom. The van der Waals surface area contributed by atoms with Gasteiger partial charge in [0.2, 0.25) is 0 Å². The molecule has 0 radical (unpaired) electrons. The molecule has 0 amide bonds. The van der Waals surface area contributed by atoms with Gasteiger partial charge in [0.1, 0.15) is 0 Å². The molecule has 114 valence electrons. The largest absolute Gasteiger partial charge is 0.381 e. The van der Waals surface area contributed by atoms with Gasteiger partial charge in [0, 0.05) is 25.4 Å². The summed E-state index contributed by atoms with van der Waals surface area (Å²) in [6.07, 6.45) is 3.48. The first-order valence-corrected chi connectivity index (χ1v) is 8.41. The van der Waals surface area contributed by atoms with Crippen LogP contribution in [-0.2, 0) is 11.2 Å². The Balaban J connectivity index is 1.74. The first-order valence-electron chi connectivity index (χ1n) is 8.41. The lowest BCUT2D eigenvalue weighted by Crippen LogP contribution is -2.41. The molecule has 1 fully saturated rings. The average molecular weight is 293 g/mol. The highest BCUT2D eigenvalue weighted by atomic mass is 16.5. The number of benzene rings is 2. The molecule has 2 aliphatic heterocycles. The van der Waals surface area contributed by atoms with Crippen LogP contribution >= 0.6 is 0 Å².